The average Bonchev–Trinajstić information content (AvgIpc) is 3.13. The van der Waals surface area contributed by atoms with Crippen LogP contribution < -0.4 is 0 Å². The van der Waals surface area contributed by atoms with Crippen molar-refractivity contribution < 1.29 is 27.9 Å². The smallest absolute Gasteiger partial charge is 0.323 e. The van der Waals surface area contributed by atoms with Gasteiger partial charge in [0.05, 0.1) is 19.8 Å². The van der Waals surface area contributed by atoms with E-state index in [2.05, 4.69) is 0 Å². The zero-order valence-corrected chi connectivity index (χ0v) is 16.2. The fourth-order valence-corrected chi connectivity index (χ4v) is 3.52. The summed E-state index contributed by atoms with van der Waals surface area (Å²) < 4.78 is 39.3. The maximum Gasteiger partial charge on any atom is 0.323 e. The van der Waals surface area contributed by atoms with Gasteiger partial charge in [0.1, 0.15) is 0 Å². The second-order valence-electron chi connectivity index (χ2n) is 6.82. The van der Waals surface area contributed by atoms with E-state index in [1.807, 2.05) is 36.4 Å². The third-order valence-electron chi connectivity index (χ3n) is 5.15. The monoisotopic (exact) mass is 375 g/mol. The van der Waals surface area contributed by atoms with E-state index in [-0.39, 0.29) is 12.8 Å². The highest BCUT2D eigenvalue weighted by Crippen LogP contribution is 2.51. The number of esters is 2. The molecular formula is C22H28O5. The van der Waals surface area contributed by atoms with E-state index in [0.717, 1.165) is 5.56 Å². The number of allylic oxidation sites excluding steroid dienone is 2. The molecule has 146 valence electrons. The van der Waals surface area contributed by atoms with Gasteiger partial charge in [-0.2, -0.15) is 0 Å². The summed E-state index contributed by atoms with van der Waals surface area (Å²) >= 11 is 0. The molecule has 27 heavy (non-hydrogen) atoms. The molecule has 1 aromatic carbocycles. The summed E-state index contributed by atoms with van der Waals surface area (Å²) in [4.78, 5) is 25.3. The molecule has 0 bridgehead atoms. The van der Waals surface area contributed by atoms with Crippen LogP contribution in [0.2, 0.25) is 0 Å². The Labute approximate surface area is 165 Å². The molecule has 2 rings (SSSR count). The van der Waals surface area contributed by atoms with Crippen molar-refractivity contribution in [1.29, 1.82) is 0 Å². The Morgan fingerprint density at radius 3 is 2.33 bits per heavy atom. The lowest BCUT2D eigenvalue weighted by molar-refractivity contribution is -0.169. The standard InChI is InChI=1S/C22H28O5/c1-21(2,27-5)18-15-22(19(23)25-3,20(24)26-4)14-17(18)13-9-12-16-10-7-6-8-11-16/h6-13,18H,14-15H2,1-5H3/b12-9+,17-13-/t18-/m1/s1/i1D3/t18-,21+. The Bertz CT molecular complexity index is 813. The van der Waals surface area contributed by atoms with E-state index in [0.29, 0.717) is 5.57 Å². The fraction of sp³-hybridized carbons (Fsp3) is 0.455. The van der Waals surface area contributed by atoms with Crippen LogP contribution in [0.1, 0.15) is 36.3 Å². The number of ether oxygens (including phenoxy) is 3. The largest absolute Gasteiger partial charge is 0.468 e. The summed E-state index contributed by atoms with van der Waals surface area (Å²) in [5, 5.41) is 0. The van der Waals surface area contributed by atoms with Gasteiger partial charge in [-0.3, -0.25) is 9.59 Å². The quantitative estimate of drug-likeness (QED) is 0.559. The third-order valence-corrected chi connectivity index (χ3v) is 5.15. The number of methoxy groups -OCH3 is 3. The van der Waals surface area contributed by atoms with Crippen LogP contribution in [-0.2, 0) is 23.8 Å². The van der Waals surface area contributed by atoms with Crippen molar-refractivity contribution in [1.82, 2.24) is 0 Å². The first-order valence-corrected chi connectivity index (χ1v) is 8.70. The minimum Gasteiger partial charge on any atom is -0.468 e. The number of benzene rings is 1. The first-order valence-electron chi connectivity index (χ1n) is 10.2. The summed E-state index contributed by atoms with van der Waals surface area (Å²) in [7, 11) is 3.71. The van der Waals surface area contributed by atoms with Crippen molar-refractivity contribution in [3.8, 4) is 0 Å². The molecule has 0 amide bonds. The normalized spacial score (nSPS) is 24.7. The van der Waals surface area contributed by atoms with Crippen LogP contribution in [0.15, 0.2) is 48.1 Å². The maximum absolute atomic E-state index is 12.6. The average molecular weight is 375 g/mol. The van der Waals surface area contributed by atoms with E-state index in [4.69, 9.17) is 18.3 Å². The molecule has 0 aromatic heterocycles. The van der Waals surface area contributed by atoms with Crippen LogP contribution in [0.3, 0.4) is 0 Å². The highest BCUT2D eigenvalue weighted by atomic mass is 16.5. The Balaban J connectivity index is 2.56. The van der Waals surface area contributed by atoms with E-state index in [1.54, 1.807) is 12.2 Å². The summed E-state index contributed by atoms with van der Waals surface area (Å²) in [5.41, 5.74) is -1.66. The molecule has 2 atom stereocenters. The van der Waals surface area contributed by atoms with Crippen molar-refractivity contribution in [3.05, 3.63) is 53.6 Å². The molecule has 0 aliphatic heterocycles. The first kappa shape index (κ1) is 16.8. The fourth-order valence-electron chi connectivity index (χ4n) is 3.52. The summed E-state index contributed by atoms with van der Waals surface area (Å²) in [5.74, 6) is -2.23. The molecule has 1 aliphatic carbocycles. The minimum absolute atomic E-state index is 0.00876. The molecule has 5 heteroatoms. The molecule has 0 saturated heterocycles. The lowest BCUT2D eigenvalue weighted by atomic mass is 9.81. The Kier molecular flexibility index (Phi) is 5.29. The molecule has 0 N–H and O–H groups in total. The van der Waals surface area contributed by atoms with Crippen LogP contribution in [-0.4, -0.2) is 38.9 Å². The van der Waals surface area contributed by atoms with Gasteiger partial charge in [-0.25, -0.2) is 0 Å². The zero-order chi connectivity index (χ0) is 22.6. The van der Waals surface area contributed by atoms with Gasteiger partial charge in [-0.1, -0.05) is 54.1 Å². The molecule has 0 spiro atoms. The predicted molar refractivity (Wildman–Crippen MR) is 104 cm³/mol. The van der Waals surface area contributed by atoms with Crippen LogP contribution in [0.4, 0.5) is 0 Å². The van der Waals surface area contributed by atoms with Gasteiger partial charge >= 0.3 is 11.9 Å². The van der Waals surface area contributed by atoms with Gasteiger partial charge in [0.25, 0.3) is 0 Å². The van der Waals surface area contributed by atoms with E-state index in [1.165, 1.54) is 28.3 Å². The molecule has 1 saturated carbocycles. The van der Waals surface area contributed by atoms with E-state index < -0.39 is 35.7 Å². The SMILES string of the molecule is [2H]C([2H])([2H])[C@@](C)(OC)[C@@H]1CC(C(=O)OC)(C(=O)OC)C/C1=C/C=C/c1ccccc1. The number of carbonyl (C=O) groups is 2. The lowest BCUT2D eigenvalue weighted by Crippen LogP contribution is -2.41. The van der Waals surface area contributed by atoms with Gasteiger partial charge in [-0.15, -0.1) is 0 Å². The van der Waals surface area contributed by atoms with Gasteiger partial charge in [0.2, 0.25) is 0 Å². The summed E-state index contributed by atoms with van der Waals surface area (Å²) in [6, 6.07) is 9.57. The maximum atomic E-state index is 12.6. The molecule has 0 unspecified atom stereocenters. The molecule has 0 heterocycles. The minimum atomic E-state index is -2.49. The van der Waals surface area contributed by atoms with Gasteiger partial charge in [-0.05, 0) is 32.2 Å². The van der Waals surface area contributed by atoms with Crippen molar-refractivity contribution >= 4 is 18.0 Å². The molecule has 5 nitrogen and oxygen atoms in total. The highest BCUT2D eigenvalue weighted by molar-refractivity contribution is 6.01. The summed E-state index contributed by atoms with van der Waals surface area (Å²) in [6.45, 7) is -1.01. The van der Waals surface area contributed by atoms with Crippen LogP contribution in [0.25, 0.3) is 6.08 Å². The van der Waals surface area contributed by atoms with E-state index >= 15 is 0 Å². The van der Waals surface area contributed by atoms with Crippen molar-refractivity contribution in [2.75, 3.05) is 21.3 Å². The molecule has 1 aliphatic rings. The predicted octanol–water partition coefficient (Wildman–Crippen LogP) is 3.79. The summed E-state index contributed by atoms with van der Waals surface area (Å²) in [6.07, 6.45) is 5.29. The molecule has 1 aromatic rings. The van der Waals surface area contributed by atoms with Gasteiger partial charge in [0.15, 0.2) is 5.41 Å². The van der Waals surface area contributed by atoms with Crippen LogP contribution in [0, 0.1) is 11.3 Å². The van der Waals surface area contributed by atoms with Crippen molar-refractivity contribution in [2.24, 2.45) is 11.3 Å². The molecule has 1 fully saturated rings. The number of rotatable bonds is 6. The van der Waals surface area contributed by atoms with Gasteiger partial charge < -0.3 is 14.2 Å². The second-order valence-corrected chi connectivity index (χ2v) is 6.82. The Morgan fingerprint density at radius 1 is 1.19 bits per heavy atom. The zero-order valence-electron chi connectivity index (χ0n) is 19.2. The molecular weight excluding hydrogens is 344 g/mol. The van der Waals surface area contributed by atoms with Crippen LogP contribution in [0.5, 0.6) is 0 Å². The van der Waals surface area contributed by atoms with Crippen molar-refractivity contribution in [3.63, 3.8) is 0 Å². The van der Waals surface area contributed by atoms with Crippen LogP contribution >= 0.6 is 0 Å². The lowest BCUT2D eigenvalue weighted by Gasteiger charge is -2.32. The number of hydrogen-bond acceptors (Lipinski definition) is 5. The number of hydrogen-bond donors (Lipinski definition) is 0. The first-order chi connectivity index (χ1) is 14.1. The second kappa shape index (κ2) is 8.53. The Hall–Kier alpha value is -2.40. The Morgan fingerprint density at radius 2 is 1.81 bits per heavy atom. The van der Waals surface area contributed by atoms with E-state index in [9.17, 15) is 9.59 Å². The van der Waals surface area contributed by atoms with Crippen molar-refractivity contribution in [2.45, 2.75) is 32.2 Å². The topological polar surface area (TPSA) is 61.8 Å². The third kappa shape index (κ3) is 4.30. The molecule has 0 radical (unpaired) electrons. The number of carbonyl (C=O) groups excluding carboxylic acids is 2. The van der Waals surface area contributed by atoms with Gasteiger partial charge in [0, 0.05) is 17.1 Å². The highest BCUT2D eigenvalue weighted by Gasteiger charge is 2.58.